The molecule has 1 saturated carbocycles. The molecule has 116 valence electrons. The molecule has 0 spiro atoms. The maximum atomic E-state index is 11.5. The van der Waals surface area contributed by atoms with Gasteiger partial charge in [-0.1, -0.05) is 31.0 Å². The van der Waals surface area contributed by atoms with E-state index in [9.17, 15) is 4.79 Å². The standard InChI is InChI=1S/C17H25NO3/c1-20-17(19)14-18(15-8-5-6-9-15)12-7-13-21-16-10-3-2-4-11-16/h2-4,10-11,15H,5-9,12-14H2,1H3. The summed E-state index contributed by atoms with van der Waals surface area (Å²) in [6.45, 7) is 1.95. The van der Waals surface area contributed by atoms with Crippen molar-refractivity contribution in [3.63, 3.8) is 0 Å². The highest BCUT2D eigenvalue weighted by Gasteiger charge is 2.24. The van der Waals surface area contributed by atoms with Gasteiger partial charge >= 0.3 is 5.97 Å². The smallest absolute Gasteiger partial charge is 0.319 e. The molecule has 0 aliphatic heterocycles. The van der Waals surface area contributed by atoms with Crippen molar-refractivity contribution < 1.29 is 14.3 Å². The van der Waals surface area contributed by atoms with Crippen LogP contribution < -0.4 is 4.74 Å². The number of esters is 1. The fourth-order valence-corrected chi connectivity index (χ4v) is 2.86. The van der Waals surface area contributed by atoms with Crippen LogP contribution in [-0.4, -0.2) is 43.7 Å². The first kappa shape index (κ1) is 15.8. The molecule has 0 radical (unpaired) electrons. The van der Waals surface area contributed by atoms with Crippen molar-refractivity contribution in [2.24, 2.45) is 0 Å². The summed E-state index contributed by atoms with van der Waals surface area (Å²) in [5.74, 6) is 0.753. The fraction of sp³-hybridized carbons (Fsp3) is 0.588. The highest BCUT2D eigenvalue weighted by atomic mass is 16.5. The average Bonchev–Trinajstić information content (AvgIpc) is 3.05. The predicted molar refractivity (Wildman–Crippen MR) is 82.4 cm³/mol. The van der Waals surface area contributed by atoms with Crippen molar-refractivity contribution >= 4 is 5.97 Å². The van der Waals surface area contributed by atoms with Gasteiger partial charge in [0.15, 0.2) is 0 Å². The molecule has 21 heavy (non-hydrogen) atoms. The third kappa shape index (κ3) is 5.38. The molecule has 1 aliphatic carbocycles. The third-order valence-electron chi connectivity index (χ3n) is 4.00. The summed E-state index contributed by atoms with van der Waals surface area (Å²) >= 11 is 0. The molecule has 1 fully saturated rings. The quantitative estimate of drug-likeness (QED) is 0.545. The normalized spacial score (nSPS) is 15.3. The van der Waals surface area contributed by atoms with Gasteiger partial charge in [0, 0.05) is 12.6 Å². The van der Waals surface area contributed by atoms with Gasteiger partial charge in [0.1, 0.15) is 5.75 Å². The third-order valence-corrected chi connectivity index (χ3v) is 4.00. The molecule has 2 rings (SSSR count). The summed E-state index contributed by atoms with van der Waals surface area (Å²) < 4.78 is 10.5. The minimum Gasteiger partial charge on any atom is -0.494 e. The largest absolute Gasteiger partial charge is 0.494 e. The van der Waals surface area contributed by atoms with Crippen LogP contribution in [0.4, 0.5) is 0 Å². The molecule has 1 aromatic carbocycles. The number of benzene rings is 1. The molecule has 0 aromatic heterocycles. The average molecular weight is 291 g/mol. The van der Waals surface area contributed by atoms with Gasteiger partial charge in [-0.05, 0) is 31.4 Å². The molecular weight excluding hydrogens is 266 g/mol. The minimum atomic E-state index is -0.147. The molecule has 4 nitrogen and oxygen atoms in total. The van der Waals surface area contributed by atoms with Gasteiger partial charge in [-0.25, -0.2) is 0 Å². The zero-order valence-corrected chi connectivity index (χ0v) is 12.8. The highest BCUT2D eigenvalue weighted by molar-refractivity contribution is 5.71. The highest BCUT2D eigenvalue weighted by Crippen LogP contribution is 2.23. The van der Waals surface area contributed by atoms with Gasteiger partial charge in [-0.3, -0.25) is 9.69 Å². The van der Waals surface area contributed by atoms with Crippen molar-refractivity contribution in [3.05, 3.63) is 30.3 Å². The van der Waals surface area contributed by atoms with Crippen molar-refractivity contribution in [2.75, 3.05) is 26.8 Å². The topological polar surface area (TPSA) is 38.8 Å². The molecule has 0 bridgehead atoms. The Hall–Kier alpha value is -1.55. The van der Waals surface area contributed by atoms with Gasteiger partial charge in [0.05, 0.1) is 20.3 Å². The second kappa shape index (κ2) is 8.67. The number of methoxy groups -OCH3 is 1. The second-order valence-electron chi connectivity index (χ2n) is 5.50. The lowest BCUT2D eigenvalue weighted by Crippen LogP contribution is -2.39. The van der Waals surface area contributed by atoms with E-state index in [0.717, 1.165) is 18.7 Å². The Kier molecular flexibility index (Phi) is 6.54. The lowest BCUT2D eigenvalue weighted by molar-refractivity contribution is -0.142. The number of nitrogens with zero attached hydrogens (tertiary/aromatic N) is 1. The first-order valence-corrected chi connectivity index (χ1v) is 7.78. The van der Waals surface area contributed by atoms with Crippen LogP contribution in [0.25, 0.3) is 0 Å². The number of hydrogen-bond donors (Lipinski definition) is 0. The lowest BCUT2D eigenvalue weighted by Gasteiger charge is -2.27. The molecule has 0 unspecified atom stereocenters. The number of para-hydroxylation sites is 1. The van der Waals surface area contributed by atoms with Gasteiger partial charge in [-0.15, -0.1) is 0 Å². The summed E-state index contributed by atoms with van der Waals surface area (Å²) in [4.78, 5) is 13.8. The Bertz CT molecular complexity index is 415. The van der Waals surface area contributed by atoms with E-state index in [1.807, 2.05) is 30.3 Å². The molecule has 4 heteroatoms. The molecule has 0 atom stereocenters. The van der Waals surface area contributed by atoms with Gasteiger partial charge in [0.25, 0.3) is 0 Å². The van der Waals surface area contributed by atoms with Crippen molar-refractivity contribution in [1.82, 2.24) is 4.90 Å². The predicted octanol–water partition coefficient (Wildman–Crippen LogP) is 2.87. The van der Waals surface area contributed by atoms with Crippen LogP contribution in [0, 0.1) is 0 Å². The minimum absolute atomic E-state index is 0.147. The summed E-state index contributed by atoms with van der Waals surface area (Å²) in [5, 5.41) is 0. The van der Waals surface area contributed by atoms with Crippen LogP contribution in [-0.2, 0) is 9.53 Å². The summed E-state index contributed by atoms with van der Waals surface area (Å²) in [6, 6.07) is 10.4. The fourth-order valence-electron chi connectivity index (χ4n) is 2.86. The van der Waals surface area contributed by atoms with Crippen LogP contribution in [0.15, 0.2) is 30.3 Å². The van der Waals surface area contributed by atoms with E-state index in [0.29, 0.717) is 19.2 Å². The Balaban J connectivity index is 1.74. The Morgan fingerprint density at radius 3 is 2.62 bits per heavy atom. The Labute approximate surface area is 127 Å². The number of carbonyl (C=O) groups excluding carboxylic acids is 1. The Morgan fingerprint density at radius 2 is 1.95 bits per heavy atom. The SMILES string of the molecule is COC(=O)CN(CCCOc1ccccc1)C1CCCC1. The van der Waals surface area contributed by atoms with E-state index < -0.39 is 0 Å². The molecule has 0 N–H and O–H groups in total. The van der Waals surface area contributed by atoms with Crippen LogP contribution in [0.3, 0.4) is 0 Å². The van der Waals surface area contributed by atoms with Crippen LogP contribution in [0.1, 0.15) is 32.1 Å². The van der Waals surface area contributed by atoms with Crippen molar-refractivity contribution in [3.8, 4) is 5.75 Å². The first-order chi connectivity index (χ1) is 10.3. The van der Waals surface area contributed by atoms with Crippen molar-refractivity contribution in [2.45, 2.75) is 38.1 Å². The monoisotopic (exact) mass is 291 g/mol. The maximum absolute atomic E-state index is 11.5. The molecule has 1 aliphatic rings. The van der Waals surface area contributed by atoms with E-state index in [-0.39, 0.29) is 5.97 Å². The van der Waals surface area contributed by atoms with Crippen LogP contribution in [0.5, 0.6) is 5.75 Å². The molecule has 0 saturated heterocycles. The van der Waals surface area contributed by atoms with Crippen LogP contribution >= 0.6 is 0 Å². The molecule has 0 heterocycles. The van der Waals surface area contributed by atoms with E-state index in [1.165, 1.54) is 32.8 Å². The number of hydrogen-bond acceptors (Lipinski definition) is 4. The lowest BCUT2D eigenvalue weighted by atomic mass is 10.2. The number of ether oxygens (including phenoxy) is 2. The summed E-state index contributed by atoms with van der Waals surface area (Å²) in [6.07, 6.45) is 5.83. The first-order valence-electron chi connectivity index (χ1n) is 7.78. The van der Waals surface area contributed by atoms with E-state index in [1.54, 1.807) is 0 Å². The number of carbonyl (C=O) groups is 1. The van der Waals surface area contributed by atoms with Gasteiger partial charge in [-0.2, -0.15) is 0 Å². The van der Waals surface area contributed by atoms with Gasteiger partial charge < -0.3 is 9.47 Å². The van der Waals surface area contributed by atoms with Crippen LogP contribution in [0.2, 0.25) is 0 Å². The number of rotatable bonds is 8. The molecule has 1 aromatic rings. The van der Waals surface area contributed by atoms with E-state index in [4.69, 9.17) is 9.47 Å². The molecule has 0 amide bonds. The Morgan fingerprint density at radius 1 is 1.24 bits per heavy atom. The summed E-state index contributed by atoms with van der Waals surface area (Å²) in [5.41, 5.74) is 0. The van der Waals surface area contributed by atoms with E-state index in [2.05, 4.69) is 4.90 Å². The maximum Gasteiger partial charge on any atom is 0.319 e. The van der Waals surface area contributed by atoms with E-state index >= 15 is 0 Å². The van der Waals surface area contributed by atoms with Gasteiger partial charge in [0.2, 0.25) is 0 Å². The molecular formula is C17H25NO3. The zero-order valence-electron chi connectivity index (χ0n) is 12.8. The van der Waals surface area contributed by atoms with Crippen molar-refractivity contribution in [1.29, 1.82) is 0 Å². The summed E-state index contributed by atoms with van der Waals surface area (Å²) in [7, 11) is 1.45. The zero-order chi connectivity index (χ0) is 14.9. The second-order valence-corrected chi connectivity index (χ2v) is 5.50.